The topological polar surface area (TPSA) is 49.7 Å². The molecule has 0 rings (SSSR count). The zero-order valence-corrected chi connectivity index (χ0v) is 4.12. The molecule has 0 heterocycles. The van der Waals surface area contributed by atoms with Gasteiger partial charge in [-0.2, -0.15) is 0 Å². The standard InChI is InChI=1S/C3H6BFO3/c5-2-1-3-8-4(6)7/h1-2,6-7H,3H2. The summed E-state index contributed by atoms with van der Waals surface area (Å²) in [6, 6.07) is 0. The molecular weight excluding hydrogens is 114 g/mol. The molecule has 0 saturated carbocycles. The summed E-state index contributed by atoms with van der Waals surface area (Å²) in [5, 5.41) is 15.9. The second-order valence-electron chi connectivity index (χ2n) is 1.02. The molecule has 0 aromatic carbocycles. The summed E-state index contributed by atoms with van der Waals surface area (Å²) in [7, 11) is -1.81. The Bertz CT molecular complexity index is 74.9. The molecule has 0 aliphatic heterocycles. The first-order chi connectivity index (χ1) is 3.77. The van der Waals surface area contributed by atoms with Crippen LogP contribution in [0, 0.1) is 0 Å². The monoisotopic (exact) mass is 120 g/mol. The Morgan fingerprint density at radius 1 is 1.62 bits per heavy atom. The second kappa shape index (κ2) is 4.77. The molecule has 0 aromatic heterocycles. The third-order valence-corrected chi connectivity index (χ3v) is 0.431. The Balaban J connectivity index is 2.93. The van der Waals surface area contributed by atoms with E-state index in [4.69, 9.17) is 10.0 Å². The van der Waals surface area contributed by atoms with Crippen molar-refractivity contribution in [2.45, 2.75) is 0 Å². The van der Waals surface area contributed by atoms with Gasteiger partial charge in [0, 0.05) is 0 Å². The van der Waals surface area contributed by atoms with Crippen molar-refractivity contribution in [3.8, 4) is 0 Å². The number of rotatable bonds is 3. The maximum atomic E-state index is 11.0. The molecule has 8 heavy (non-hydrogen) atoms. The first-order valence-electron chi connectivity index (χ1n) is 2.00. The fraction of sp³-hybridized carbons (Fsp3) is 0.333. The molecule has 2 N–H and O–H groups in total. The van der Waals surface area contributed by atoms with E-state index in [1.54, 1.807) is 0 Å². The maximum absolute atomic E-state index is 11.0. The molecule has 3 nitrogen and oxygen atoms in total. The zero-order chi connectivity index (χ0) is 6.41. The van der Waals surface area contributed by atoms with Crippen LogP contribution in [0.3, 0.4) is 0 Å². The van der Waals surface area contributed by atoms with Crippen LogP contribution in [0.15, 0.2) is 12.4 Å². The van der Waals surface area contributed by atoms with Crippen molar-refractivity contribution in [2.24, 2.45) is 0 Å². The van der Waals surface area contributed by atoms with Crippen LogP contribution in [-0.4, -0.2) is 24.0 Å². The normalized spacial score (nSPS) is 10.4. The summed E-state index contributed by atoms with van der Waals surface area (Å²) >= 11 is 0. The van der Waals surface area contributed by atoms with E-state index < -0.39 is 7.32 Å². The Morgan fingerprint density at radius 3 is 2.62 bits per heavy atom. The fourth-order valence-corrected chi connectivity index (χ4v) is 0.178. The summed E-state index contributed by atoms with van der Waals surface area (Å²) in [6.07, 6.45) is 1.28. The van der Waals surface area contributed by atoms with Gasteiger partial charge in [0.05, 0.1) is 12.9 Å². The summed E-state index contributed by atoms with van der Waals surface area (Å²) in [6.45, 7) is -0.131. The van der Waals surface area contributed by atoms with Crippen molar-refractivity contribution >= 4 is 7.32 Å². The van der Waals surface area contributed by atoms with Crippen LogP contribution in [0.1, 0.15) is 0 Å². The van der Waals surface area contributed by atoms with Gasteiger partial charge >= 0.3 is 7.32 Å². The lowest BCUT2D eigenvalue weighted by Crippen LogP contribution is -2.16. The highest BCUT2D eigenvalue weighted by atomic mass is 19.1. The van der Waals surface area contributed by atoms with Crippen LogP contribution < -0.4 is 0 Å². The molecule has 0 atom stereocenters. The minimum atomic E-state index is -1.81. The van der Waals surface area contributed by atoms with E-state index in [-0.39, 0.29) is 12.9 Å². The quantitative estimate of drug-likeness (QED) is 0.491. The van der Waals surface area contributed by atoms with Crippen molar-refractivity contribution in [3.05, 3.63) is 12.4 Å². The van der Waals surface area contributed by atoms with Crippen molar-refractivity contribution in [2.75, 3.05) is 6.61 Å². The van der Waals surface area contributed by atoms with E-state index in [1.807, 2.05) is 0 Å². The summed E-state index contributed by atoms with van der Waals surface area (Å²) in [4.78, 5) is 0. The van der Waals surface area contributed by atoms with Crippen molar-refractivity contribution < 1.29 is 19.1 Å². The number of hydrogen-bond acceptors (Lipinski definition) is 3. The van der Waals surface area contributed by atoms with Gasteiger partial charge in [-0.3, -0.25) is 0 Å². The van der Waals surface area contributed by atoms with Gasteiger partial charge in [0.2, 0.25) is 0 Å². The van der Waals surface area contributed by atoms with Crippen LogP contribution in [0.4, 0.5) is 4.39 Å². The largest absolute Gasteiger partial charge is 0.634 e. The Morgan fingerprint density at radius 2 is 2.25 bits per heavy atom. The van der Waals surface area contributed by atoms with Gasteiger partial charge in [-0.05, 0) is 6.08 Å². The molecule has 0 aliphatic carbocycles. The van der Waals surface area contributed by atoms with Crippen LogP contribution in [0.2, 0.25) is 0 Å². The van der Waals surface area contributed by atoms with Gasteiger partial charge < -0.3 is 14.7 Å². The van der Waals surface area contributed by atoms with Gasteiger partial charge in [-0.25, -0.2) is 4.39 Å². The smallest absolute Gasteiger partial charge is 0.402 e. The molecule has 0 aromatic rings. The highest BCUT2D eigenvalue weighted by Crippen LogP contribution is 1.77. The Hall–Kier alpha value is -0.385. The van der Waals surface area contributed by atoms with Crippen molar-refractivity contribution in [1.82, 2.24) is 0 Å². The highest BCUT2D eigenvalue weighted by molar-refractivity contribution is 6.32. The van der Waals surface area contributed by atoms with E-state index in [0.717, 1.165) is 6.08 Å². The SMILES string of the molecule is OB(O)OCC=CF. The predicted octanol–water partition coefficient (Wildman–Crippen LogP) is -0.544. The van der Waals surface area contributed by atoms with Gasteiger partial charge in [-0.1, -0.05) is 0 Å². The van der Waals surface area contributed by atoms with Gasteiger partial charge in [0.15, 0.2) is 0 Å². The number of hydrogen-bond donors (Lipinski definition) is 2. The highest BCUT2D eigenvalue weighted by Gasteiger charge is 2.04. The van der Waals surface area contributed by atoms with Crippen molar-refractivity contribution in [3.63, 3.8) is 0 Å². The average Bonchev–Trinajstić information content (AvgIpc) is 1.66. The molecule has 0 amide bonds. The van der Waals surface area contributed by atoms with Gasteiger partial charge in [0.25, 0.3) is 0 Å². The van der Waals surface area contributed by atoms with E-state index in [1.165, 1.54) is 0 Å². The Kier molecular flexibility index (Phi) is 4.54. The third-order valence-electron chi connectivity index (χ3n) is 0.431. The molecule has 0 aliphatic rings. The van der Waals surface area contributed by atoms with E-state index >= 15 is 0 Å². The van der Waals surface area contributed by atoms with Crippen LogP contribution >= 0.6 is 0 Å². The summed E-state index contributed by atoms with van der Waals surface area (Å²) in [5.74, 6) is 0. The minimum absolute atomic E-state index is 0.131. The molecular formula is C3H6BFO3. The average molecular weight is 120 g/mol. The Labute approximate surface area is 46.6 Å². The van der Waals surface area contributed by atoms with Crippen LogP contribution in [0.5, 0.6) is 0 Å². The molecule has 0 fully saturated rings. The second-order valence-corrected chi connectivity index (χ2v) is 1.02. The van der Waals surface area contributed by atoms with Crippen LogP contribution in [0.25, 0.3) is 0 Å². The fourth-order valence-electron chi connectivity index (χ4n) is 0.178. The lowest BCUT2D eigenvalue weighted by Gasteiger charge is -1.93. The number of halogens is 1. The molecule has 46 valence electrons. The van der Waals surface area contributed by atoms with E-state index in [9.17, 15) is 4.39 Å². The zero-order valence-electron chi connectivity index (χ0n) is 4.12. The van der Waals surface area contributed by atoms with Crippen LogP contribution in [-0.2, 0) is 4.65 Å². The summed E-state index contributed by atoms with van der Waals surface area (Å²) < 4.78 is 15.1. The third kappa shape index (κ3) is 5.61. The van der Waals surface area contributed by atoms with Gasteiger partial charge in [0.1, 0.15) is 0 Å². The first kappa shape index (κ1) is 7.61. The lowest BCUT2D eigenvalue weighted by atomic mass is 10.3. The molecule has 0 spiro atoms. The van der Waals surface area contributed by atoms with E-state index in [2.05, 4.69) is 4.65 Å². The summed E-state index contributed by atoms with van der Waals surface area (Å²) in [5.41, 5.74) is 0. The predicted molar refractivity (Wildman–Crippen MR) is 26.4 cm³/mol. The molecule has 0 bridgehead atoms. The minimum Gasteiger partial charge on any atom is -0.402 e. The molecule has 5 heteroatoms. The molecule has 0 unspecified atom stereocenters. The van der Waals surface area contributed by atoms with Gasteiger partial charge in [-0.15, -0.1) is 0 Å². The van der Waals surface area contributed by atoms with Crippen molar-refractivity contribution in [1.29, 1.82) is 0 Å². The van der Waals surface area contributed by atoms with E-state index in [0.29, 0.717) is 0 Å². The maximum Gasteiger partial charge on any atom is 0.634 e. The lowest BCUT2D eigenvalue weighted by molar-refractivity contribution is 0.206. The molecule has 0 saturated heterocycles. The molecule has 0 radical (unpaired) electrons. The first-order valence-corrected chi connectivity index (χ1v) is 2.00.